The van der Waals surface area contributed by atoms with Gasteiger partial charge in [-0.3, -0.25) is 0 Å². The molecular formula is CF6S. The summed E-state index contributed by atoms with van der Waals surface area (Å²) in [7, 11) is -10.5. The molecule has 0 amide bonds. The Morgan fingerprint density at radius 3 is 0.625 bits per heavy atom. The first-order valence-corrected chi connectivity index (χ1v) is 2.78. The molecule has 0 aromatic heterocycles. The summed E-state index contributed by atoms with van der Waals surface area (Å²) >= 11 is 0. The summed E-state index contributed by atoms with van der Waals surface area (Å²) in [6, 6.07) is 0. The number of rotatable bonds is 0. The van der Waals surface area contributed by atoms with Crippen molar-refractivity contribution in [2.24, 2.45) is 0 Å². The van der Waals surface area contributed by atoms with Crippen LogP contribution in [0.25, 0.3) is 0 Å². The SMILES string of the molecule is FS(F)(F)(F)(F)F.[C]. The van der Waals surface area contributed by atoms with Gasteiger partial charge in [0.2, 0.25) is 0 Å². The lowest BCUT2D eigenvalue weighted by Crippen LogP contribution is -1.92. The molecule has 0 aromatic rings. The van der Waals surface area contributed by atoms with Gasteiger partial charge in [-0.2, -0.15) is 0 Å². The second-order valence-electron chi connectivity index (χ2n) is 0.875. The largest absolute Gasteiger partial charge is 0.431 e. The van der Waals surface area contributed by atoms with Crippen molar-refractivity contribution in [3.05, 3.63) is 7.43 Å². The van der Waals surface area contributed by atoms with Gasteiger partial charge in [-0.15, -0.1) is 0 Å². The first-order chi connectivity index (χ1) is 2.45. The van der Waals surface area contributed by atoms with Crippen LogP contribution in [-0.2, 0) is 0 Å². The van der Waals surface area contributed by atoms with Gasteiger partial charge < -0.3 is 0 Å². The van der Waals surface area contributed by atoms with Crippen LogP contribution in [0, 0.1) is 7.43 Å². The molecule has 52 valence electrons. The summed E-state index contributed by atoms with van der Waals surface area (Å²) in [4.78, 5) is 0. The predicted molar refractivity (Wildman–Crippen MR) is 17.5 cm³/mol. The molecule has 0 saturated heterocycles. The van der Waals surface area contributed by atoms with Crippen molar-refractivity contribution in [2.45, 2.75) is 0 Å². The van der Waals surface area contributed by atoms with Crippen molar-refractivity contribution in [1.29, 1.82) is 0 Å². The number of hydrogen-bond acceptors (Lipinski definition) is 0. The monoisotopic (exact) mass is 158 g/mol. The van der Waals surface area contributed by atoms with E-state index >= 15 is 0 Å². The van der Waals surface area contributed by atoms with Crippen molar-refractivity contribution >= 4 is 10.6 Å². The highest BCUT2D eigenvalue weighted by molar-refractivity contribution is 8.41. The average molecular weight is 158 g/mol. The second kappa shape index (κ2) is 1.09. The molecule has 0 aliphatic rings. The van der Waals surface area contributed by atoms with Gasteiger partial charge in [-0.1, -0.05) is 23.3 Å². The molecule has 8 heavy (non-hydrogen) atoms. The molecule has 0 aliphatic carbocycles. The Morgan fingerprint density at radius 2 is 0.625 bits per heavy atom. The normalized spacial score (nSPS) is 20.2. The van der Waals surface area contributed by atoms with Crippen LogP contribution in [0.1, 0.15) is 0 Å². The first kappa shape index (κ1) is 10.8. The lowest BCUT2D eigenvalue weighted by atomic mass is 12.0. The van der Waals surface area contributed by atoms with Gasteiger partial charge in [-0.25, -0.2) is 0 Å². The summed E-state index contributed by atoms with van der Waals surface area (Å²) in [5, 5.41) is 0. The van der Waals surface area contributed by atoms with Crippen LogP contribution in [0.4, 0.5) is 23.3 Å². The smallest absolute Gasteiger partial charge is 0.0719 e. The average Bonchev–Trinajstić information content (AvgIpc) is 0.592. The Balaban J connectivity index is 0. The molecule has 0 atom stereocenters. The fourth-order valence-electron chi connectivity index (χ4n) is 0. The van der Waals surface area contributed by atoms with Crippen molar-refractivity contribution in [2.75, 3.05) is 0 Å². The highest BCUT2D eigenvalue weighted by Crippen LogP contribution is 2.99. The Labute approximate surface area is 42.5 Å². The maximum absolute atomic E-state index is 10.5. The van der Waals surface area contributed by atoms with Gasteiger partial charge in [0, 0.05) is 7.43 Å². The van der Waals surface area contributed by atoms with Gasteiger partial charge in [0.25, 0.3) is 0 Å². The van der Waals surface area contributed by atoms with E-state index in [-0.39, 0.29) is 7.43 Å². The molecule has 4 radical (unpaired) electrons. The summed E-state index contributed by atoms with van der Waals surface area (Å²) in [6.07, 6.45) is 0. The summed E-state index contributed by atoms with van der Waals surface area (Å²) < 4.78 is 59.1. The quantitative estimate of drug-likeness (QED) is 0.474. The maximum atomic E-state index is 9.85. The Hall–Kier alpha value is -0.0700. The van der Waals surface area contributed by atoms with Crippen LogP contribution < -0.4 is 0 Å². The molecule has 0 spiro atoms. The minimum atomic E-state index is -10.5. The molecule has 7 heteroatoms. The van der Waals surface area contributed by atoms with E-state index in [0.717, 1.165) is 0 Å². The zero-order valence-corrected chi connectivity index (χ0v) is 3.99. The van der Waals surface area contributed by atoms with Crippen molar-refractivity contribution in [1.82, 2.24) is 0 Å². The molecule has 0 bridgehead atoms. The molecule has 0 heterocycles. The molecule has 0 N–H and O–H groups in total. The van der Waals surface area contributed by atoms with E-state index in [1.165, 1.54) is 0 Å². The van der Waals surface area contributed by atoms with E-state index < -0.39 is 10.6 Å². The van der Waals surface area contributed by atoms with Crippen molar-refractivity contribution < 1.29 is 23.3 Å². The Morgan fingerprint density at radius 1 is 0.625 bits per heavy atom. The molecule has 0 saturated carbocycles. The van der Waals surface area contributed by atoms with Crippen LogP contribution in [0.2, 0.25) is 0 Å². The van der Waals surface area contributed by atoms with Crippen LogP contribution in [0.3, 0.4) is 0 Å². The van der Waals surface area contributed by atoms with Crippen LogP contribution >= 0.6 is 10.6 Å². The van der Waals surface area contributed by atoms with Crippen molar-refractivity contribution in [3.63, 3.8) is 0 Å². The highest BCUT2D eigenvalue weighted by atomic mass is 32.5. The lowest BCUT2D eigenvalue weighted by molar-refractivity contribution is 0.291. The summed E-state index contributed by atoms with van der Waals surface area (Å²) in [6.45, 7) is 0. The minimum absolute atomic E-state index is 0. The fourth-order valence-corrected chi connectivity index (χ4v) is 0. The molecule has 0 aliphatic heterocycles. The topological polar surface area (TPSA) is 0 Å². The van der Waals surface area contributed by atoms with Crippen LogP contribution in [-0.4, -0.2) is 0 Å². The fraction of sp³-hybridized carbons (Fsp3) is 0. The molecular weight excluding hydrogens is 158 g/mol. The maximum Gasteiger partial charge on any atom is 0.431 e. The molecule has 0 unspecified atom stereocenters. The summed E-state index contributed by atoms with van der Waals surface area (Å²) in [5.74, 6) is 0. The second-order valence-corrected chi connectivity index (χ2v) is 2.62. The van der Waals surface area contributed by atoms with E-state index in [1.54, 1.807) is 0 Å². The number of halogens is 6. The van der Waals surface area contributed by atoms with E-state index in [2.05, 4.69) is 0 Å². The molecule has 0 nitrogen and oxygen atoms in total. The summed E-state index contributed by atoms with van der Waals surface area (Å²) in [5.41, 5.74) is 0. The van der Waals surface area contributed by atoms with E-state index in [1.807, 2.05) is 0 Å². The van der Waals surface area contributed by atoms with Gasteiger partial charge in [-0.05, 0) is 0 Å². The van der Waals surface area contributed by atoms with E-state index in [4.69, 9.17) is 0 Å². The third kappa shape index (κ3) is 29400. The van der Waals surface area contributed by atoms with Crippen LogP contribution in [0.15, 0.2) is 0 Å². The first-order valence-electron chi connectivity index (χ1n) is 0.926. The number of hydrogen-bond donors (Lipinski definition) is 0. The lowest BCUT2D eigenvalue weighted by Gasteiger charge is -2.28. The molecule has 0 fully saturated rings. The van der Waals surface area contributed by atoms with Crippen molar-refractivity contribution in [3.8, 4) is 0 Å². The van der Waals surface area contributed by atoms with Gasteiger partial charge in [0.1, 0.15) is 0 Å². The minimum Gasteiger partial charge on any atom is -0.0719 e. The Bertz CT molecular complexity index is 67.1. The van der Waals surface area contributed by atoms with E-state index in [0.29, 0.717) is 0 Å². The zero-order valence-electron chi connectivity index (χ0n) is 3.18. The predicted octanol–water partition coefficient (Wildman–Crippen LogP) is 3.25. The van der Waals surface area contributed by atoms with Gasteiger partial charge in [0.05, 0.1) is 0 Å². The molecule has 0 aromatic carbocycles. The standard InChI is InChI=1S/C.F6S/c;1-7(2,3,4,5)6. The van der Waals surface area contributed by atoms with Gasteiger partial charge >= 0.3 is 10.6 Å². The third-order valence-electron chi connectivity index (χ3n) is 0. The highest BCUT2D eigenvalue weighted by Gasteiger charge is 2.64. The van der Waals surface area contributed by atoms with Crippen LogP contribution in [0.5, 0.6) is 0 Å². The van der Waals surface area contributed by atoms with Gasteiger partial charge in [0.15, 0.2) is 0 Å². The molecule has 0 rings (SSSR count). The van der Waals surface area contributed by atoms with E-state index in [9.17, 15) is 23.3 Å². The third-order valence-corrected chi connectivity index (χ3v) is 0. The Kier molecular flexibility index (Phi) is 1.48. The zero-order chi connectivity index (χ0) is 6.41.